The number of carbonyl (C=O) groups excluding carboxylic acids is 2. The lowest BCUT2D eigenvalue weighted by Gasteiger charge is -2.26. The second-order valence-corrected chi connectivity index (χ2v) is 9.80. The summed E-state index contributed by atoms with van der Waals surface area (Å²) in [5, 5.41) is 11.5. The number of hydrogen-bond donors (Lipinski definition) is 1. The summed E-state index contributed by atoms with van der Waals surface area (Å²) in [5.41, 5.74) is 4.28. The van der Waals surface area contributed by atoms with Gasteiger partial charge in [-0.1, -0.05) is 24.3 Å². The molecule has 3 aromatic carbocycles. The average Bonchev–Trinajstić information content (AvgIpc) is 3.18. The van der Waals surface area contributed by atoms with E-state index in [1.165, 1.54) is 16.0 Å². The minimum absolute atomic E-state index is 0.0429. The molecule has 37 heavy (non-hydrogen) atoms. The number of fused-ring (bicyclic) bond motifs is 1. The Balaban J connectivity index is 1.67. The molecule has 1 saturated heterocycles. The van der Waals surface area contributed by atoms with Crippen molar-refractivity contribution in [2.24, 2.45) is 0 Å². The van der Waals surface area contributed by atoms with Crippen molar-refractivity contribution in [3.63, 3.8) is 0 Å². The van der Waals surface area contributed by atoms with Crippen LogP contribution >= 0.6 is 0 Å². The summed E-state index contributed by atoms with van der Waals surface area (Å²) in [7, 11) is 1.57. The Morgan fingerprint density at radius 3 is 2.35 bits per heavy atom. The van der Waals surface area contributed by atoms with Crippen molar-refractivity contribution in [1.29, 1.82) is 0 Å². The van der Waals surface area contributed by atoms with Crippen molar-refractivity contribution >= 4 is 23.1 Å². The van der Waals surface area contributed by atoms with E-state index in [0.29, 0.717) is 28.3 Å². The molecule has 1 aliphatic heterocycles. The van der Waals surface area contributed by atoms with Gasteiger partial charge >= 0.3 is 0 Å². The van der Waals surface area contributed by atoms with Crippen LogP contribution in [0.5, 0.6) is 11.5 Å². The number of rotatable bonds is 6. The summed E-state index contributed by atoms with van der Waals surface area (Å²) in [6.45, 7) is 3.87. The summed E-state index contributed by atoms with van der Waals surface area (Å²) in [6, 6.07) is 19.3. The monoisotopic (exact) mass is 497 g/mol. The number of ether oxygens (including phenoxy) is 2. The first-order chi connectivity index (χ1) is 17.9. The van der Waals surface area contributed by atoms with Crippen molar-refractivity contribution in [3.8, 4) is 11.5 Å². The summed E-state index contributed by atoms with van der Waals surface area (Å²) in [4.78, 5) is 28.4. The number of aliphatic hydroxyl groups is 1. The van der Waals surface area contributed by atoms with Gasteiger partial charge in [-0.05, 0) is 98.7 Å². The first kappa shape index (κ1) is 24.6. The van der Waals surface area contributed by atoms with E-state index in [9.17, 15) is 14.7 Å². The number of anilines is 1. The van der Waals surface area contributed by atoms with Crippen LogP contribution in [0.15, 0.2) is 72.3 Å². The minimum atomic E-state index is -0.819. The van der Waals surface area contributed by atoms with Crippen molar-refractivity contribution in [2.45, 2.75) is 51.7 Å². The quantitative estimate of drug-likeness (QED) is 0.257. The number of aliphatic hydroxyl groups excluding tert-OH is 1. The van der Waals surface area contributed by atoms with Crippen LogP contribution in [0.25, 0.3) is 5.76 Å². The first-order valence-electron chi connectivity index (χ1n) is 12.7. The van der Waals surface area contributed by atoms with E-state index in [0.717, 1.165) is 25.7 Å². The van der Waals surface area contributed by atoms with Gasteiger partial charge in [0.1, 0.15) is 17.3 Å². The zero-order chi connectivity index (χ0) is 26.1. The van der Waals surface area contributed by atoms with Gasteiger partial charge in [-0.25, -0.2) is 0 Å². The molecule has 0 aromatic heterocycles. The molecule has 1 N–H and O–H groups in total. The number of benzene rings is 3. The van der Waals surface area contributed by atoms with Gasteiger partial charge in [-0.2, -0.15) is 0 Å². The lowest BCUT2D eigenvalue weighted by atomic mass is 9.88. The normalized spacial score (nSPS) is 18.7. The number of amides is 1. The van der Waals surface area contributed by atoms with Gasteiger partial charge in [0.25, 0.3) is 11.7 Å². The average molecular weight is 498 g/mol. The third kappa shape index (κ3) is 4.71. The largest absolute Gasteiger partial charge is 0.507 e. The number of hydrogen-bond acceptors (Lipinski definition) is 5. The molecule has 0 spiro atoms. The van der Waals surface area contributed by atoms with Crippen LogP contribution in [0.4, 0.5) is 5.69 Å². The molecule has 3 aromatic rings. The number of nitrogens with zero attached hydrogens (tertiary/aromatic N) is 1. The van der Waals surface area contributed by atoms with E-state index in [1.54, 1.807) is 31.4 Å². The van der Waals surface area contributed by atoms with Crippen molar-refractivity contribution in [1.82, 2.24) is 0 Å². The predicted molar refractivity (Wildman–Crippen MR) is 143 cm³/mol. The fourth-order valence-electron chi connectivity index (χ4n) is 5.22. The Bertz CT molecular complexity index is 1370. The van der Waals surface area contributed by atoms with Gasteiger partial charge in [0.2, 0.25) is 0 Å². The van der Waals surface area contributed by atoms with E-state index in [2.05, 4.69) is 0 Å². The van der Waals surface area contributed by atoms with Crippen LogP contribution in [0.1, 0.15) is 55.0 Å². The Labute approximate surface area is 217 Å². The van der Waals surface area contributed by atoms with Gasteiger partial charge in [-0.3, -0.25) is 14.5 Å². The minimum Gasteiger partial charge on any atom is -0.507 e. The summed E-state index contributed by atoms with van der Waals surface area (Å²) in [6.07, 6.45) is 4.16. The van der Waals surface area contributed by atoms with Crippen LogP contribution in [0.2, 0.25) is 0 Å². The Hall–Kier alpha value is -4.06. The SMILES string of the molecule is COc1ccc(N2C(=O)C(=O)/C(=C(\O)c3ccc4c(c3)CCCC4)C2c2cccc(OC(C)C)c2)cc1. The summed E-state index contributed by atoms with van der Waals surface area (Å²) in [5.74, 6) is -0.307. The maximum Gasteiger partial charge on any atom is 0.300 e. The fraction of sp³-hybridized carbons (Fsp3) is 0.290. The van der Waals surface area contributed by atoms with Crippen LogP contribution in [-0.2, 0) is 22.4 Å². The van der Waals surface area contributed by atoms with Gasteiger partial charge in [0.05, 0.1) is 24.8 Å². The molecule has 1 aliphatic carbocycles. The standard InChI is InChI=1S/C31H31NO5/c1-19(2)37-26-10-6-9-22(18-26)28-27(29(33)23-12-11-20-7-4-5-8-21(20)17-23)30(34)31(35)32(28)24-13-15-25(36-3)16-14-24/h6,9-19,28,33H,4-5,7-8H2,1-3H3/b29-27-. The zero-order valence-electron chi connectivity index (χ0n) is 21.4. The van der Waals surface area contributed by atoms with Crippen LogP contribution < -0.4 is 14.4 Å². The highest BCUT2D eigenvalue weighted by atomic mass is 16.5. The number of methoxy groups -OCH3 is 1. The van der Waals surface area contributed by atoms with Gasteiger partial charge in [0.15, 0.2) is 0 Å². The van der Waals surface area contributed by atoms with Gasteiger partial charge in [0, 0.05) is 11.3 Å². The molecule has 1 amide bonds. The van der Waals surface area contributed by atoms with Gasteiger partial charge in [-0.15, -0.1) is 0 Å². The molecule has 0 radical (unpaired) electrons. The Morgan fingerprint density at radius 2 is 1.65 bits per heavy atom. The summed E-state index contributed by atoms with van der Waals surface area (Å²) < 4.78 is 11.2. The molecule has 190 valence electrons. The Morgan fingerprint density at radius 1 is 0.919 bits per heavy atom. The fourth-order valence-corrected chi connectivity index (χ4v) is 5.22. The van der Waals surface area contributed by atoms with Crippen LogP contribution in [-0.4, -0.2) is 30.0 Å². The number of Topliss-reactive ketones (excluding diaryl/α,β-unsaturated/α-hetero) is 1. The van der Waals surface area contributed by atoms with E-state index < -0.39 is 17.7 Å². The number of aryl methyl sites for hydroxylation is 2. The predicted octanol–water partition coefficient (Wildman–Crippen LogP) is 5.99. The molecule has 1 unspecified atom stereocenters. The first-order valence-corrected chi connectivity index (χ1v) is 12.7. The smallest absolute Gasteiger partial charge is 0.300 e. The second kappa shape index (κ2) is 10.1. The molecular formula is C31H31NO5. The maximum absolute atomic E-state index is 13.5. The second-order valence-electron chi connectivity index (χ2n) is 9.80. The maximum atomic E-state index is 13.5. The molecule has 1 fully saturated rings. The van der Waals surface area contributed by atoms with E-state index in [-0.39, 0.29) is 17.4 Å². The van der Waals surface area contributed by atoms with Crippen LogP contribution in [0.3, 0.4) is 0 Å². The molecule has 1 heterocycles. The lowest BCUT2D eigenvalue weighted by Crippen LogP contribution is -2.29. The molecule has 0 saturated carbocycles. The third-order valence-corrected chi connectivity index (χ3v) is 6.96. The molecule has 6 nitrogen and oxygen atoms in total. The van der Waals surface area contributed by atoms with Crippen LogP contribution in [0, 0.1) is 0 Å². The zero-order valence-corrected chi connectivity index (χ0v) is 21.4. The van der Waals surface area contributed by atoms with Gasteiger partial charge < -0.3 is 14.6 Å². The highest BCUT2D eigenvalue weighted by Gasteiger charge is 2.47. The van der Waals surface area contributed by atoms with Crippen molar-refractivity contribution in [2.75, 3.05) is 12.0 Å². The van der Waals surface area contributed by atoms with E-state index >= 15 is 0 Å². The molecule has 5 rings (SSSR count). The molecular weight excluding hydrogens is 466 g/mol. The lowest BCUT2D eigenvalue weighted by molar-refractivity contribution is -0.132. The van der Waals surface area contributed by atoms with E-state index in [4.69, 9.17) is 9.47 Å². The number of ketones is 1. The summed E-state index contributed by atoms with van der Waals surface area (Å²) >= 11 is 0. The topological polar surface area (TPSA) is 76.1 Å². The van der Waals surface area contributed by atoms with E-state index in [1.807, 2.05) is 56.3 Å². The third-order valence-electron chi connectivity index (χ3n) is 6.96. The van der Waals surface area contributed by atoms with Crippen molar-refractivity contribution < 1.29 is 24.2 Å². The molecule has 0 bridgehead atoms. The Kier molecular flexibility index (Phi) is 6.74. The highest BCUT2D eigenvalue weighted by Crippen LogP contribution is 2.43. The molecule has 2 aliphatic rings. The molecule has 6 heteroatoms. The van der Waals surface area contributed by atoms with Crippen molar-refractivity contribution in [3.05, 3.63) is 94.6 Å². The number of carbonyl (C=O) groups is 2. The highest BCUT2D eigenvalue weighted by molar-refractivity contribution is 6.51. The molecule has 1 atom stereocenters.